The van der Waals surface area contributed by atoms with Gasteiger partial charge in [0.2, 0.25) is 0 Å². The number of benzene rings is 1. The van der Waals surface area contributed by atoms with Crippen LogP contribution in [0.1, 0.15) is 34.9 Å². The van der Waals surface area contributed by atoms with Gasteiger partial charge in [-0.05, 0) is 18.9 Å². The molecule has 6 heteroatoms. The van der Waals surface area contributed by atoms with Gasteiger partial charge in [-0.15, -0.1) is 11.3 Å². The molecule has 0 unspecified atom stereocenters. The topological polar surface area (TPSA) is 61.9 Å². The number of carbonyl (C=O) groups is 1. The summed E-state index contributed by atoms with van der Waals surface area (Å²) in [6.07, 6.45) is 3.41. The van der Waals surface area contributed by atoms with E-state index in [0.29, 0.717) is 5.92 Å². The number of piperidine rings is 1. The molecule has 22 heavy (non-hydrogen) atoms. The van der Waals surface area contributed by atoms with Crippen molar-refractivity contribution in [3.8, 4) is 0 Å². The highest BCUT2D eigenvalue weighted by molar-refractivity contribution is 7.17. The zero-order valence-electron chi connectivity index (χ0n) is 12.0. The fraction of sp³-hybridized carbons (Fsp3) is 0.312. The Morgan fingerprint density at radius 3 is 2.86 bits per heavy atom. The second kappa shape index (κ2) is 5.53. The van der Waals surface area contributed by atoms with E-state index in [1.165, 1.54) is 4.70 Å². The number of hydrogen-bond donors (Lipinski definition) is 1. The molecule has 3 aromatic rings. The van der Waals surface area contributed by atoms with E-state index in [0.717, 1.165) is 42.7 Å². The number of thiophene rings is 1. The Hall–Kier alpha value is -2.21. The first-order valence-corrected chi connectivity index (χ1v) is 8.31. The molecule has 1 saturated heterocycles. The predicted molar refractivity (Wildman–Crippen MR) is 86.1 cm³/mol. The summed E-state index contributed by atoms with van der Waals surface area (Å²) >= 11 is 1.63. The molecule has 0 aliphatic carbocycles. The maximum Gasteiger partial charge on any atom is 0.255 e. The van der Waals surface area contributed by atoms with Crippen molar-refractivity contribution in [2.45, 2.75) is 18.8 Å². The van der Waals surface area contributed by atoms with E-state index in [4.69, 9.17) is 0 Å². The number of carbonyl (C=O) groups excluding carboxylic acids is 1. The number of rotatable bonds is 2. The van der Waals surface area contributed by atoms with E-state index in [2.05, 4.69) is 21.2 Å². The Morgan fingerprint density at radius 1 is 1.27 bits per heavy atom. The molecule has 1 aliphatic heterocycles. The van der Waals surface area contributed by atoms with Gasteiger partial charge in [-0.1, -0.05) is 18.2 Å². The quantitative estimate of drug-likeness (QED) is 0.791. The van der Waals surface area contributed by atoms with Crippen LogP contribution in [0.25, 0.3) is 10.1 Å². The van der Waals surface area contributed by atoms with Crippen molar-refractivity contribution in [2.75, 3.05) is 13.1 Å². The molecule has 1 amide bonds. The van der Waals surface area contributed by atoms with Crippen molar-refractivity contribution in [1.82, 2.24) is 20.1 Å². The molecular formula is C16H16N4OS. The lowest BCUT2D eigenvalue weighted by molar-refractivity contribution is 0.0713. The van der Waals surface area contributed by atoms with Crippen molar-refractivity contribution in [3.63, 3.8) is 0 Å². The van der Waals surface area contributed by atoms with E-state index in [1.54, 1.807) is 17.7 Å². The number of nitrogens with zero attached hydrogens (tertiary/aromatic N) is 3. The number of aromatic nitrogens is 3. The minimum atomic E-state index is 0.147. The summed E-state index contributed by atoms with van der Waals surface area (Å²) in [5.74, 6) is 1.47. The normalized spacial score (nSPS) is 16.3. The van der Waals surface area contributed by atoms with Gasteiger partial charge in [0.1, 0.15) is 12.2 Å². The van der Waals surface area contributed by atoms with Crippen LogP contribution in [-0.2, 0) is 0 Å². The van der Waals surface area contributed by atoms with Crippen LogP contribution in [0.4, 0.5) is 0 Å². The second-order valence-electron chi connectivity index (χ2n) is 5.58. The van der Waals surface area contributed by atoms with Gasteiger partial charge in [0.25, 0.3) is 5.91 Å². The van der Waals surface area contributed by atoms with Crippen LogP contribution in [0.15, 0.2) is 36.0 Å². The lowest BCUT2D eigenvalue weighted by Crippen LogP contribution is -2.38. The lowest BCUT2D eigenvalue weighted by atomic mass is 9.95. The number of nitrogens with one attached hydrogen (secondary N) is 1. The summed E-state index contributed by atoms with van der Waals surface area (Å²) < 4.78 is 1.17. The van der Waals surface area contributed by atoms with Crippen LogP contribution in [0, 0.1) is 0 Å². The van der Waals surface area contributed by atoms with Crippen LogP contribution in [0.2, 0.25) is 0 Å². The number of H-pyrrole nitrogens is 1. The third-order valence-electron chi connectivity index (χ3n) is 4.31. The molecule has 1 fully saturated rings. The molecule has 0 saturated carbocycles. The van der Waals surface area contributed by atoms with Crippen molar-refractivity contribution < 1.29 is 4.79 Å². The zero-order valence-corrected chi connectivity index (χ0v) is 12.8. The van der Waals surface area contributed by atoms with Gasteiger partial charge in [0.15, 0.2) is 0 Å². The molecule has 1 aromatic carbocycles. The van der Waals surface area contributed by atoms with Gasteiger partial charge in [0, 0.05) is 34.5 Å². The molecule has 3 heterocycles. The van der Waals surface area contributed by atoms with Crippen LogP contribution in [0.3, 0.4) is 0 Å². The number of fused-ring (bicyclic) bond motifs is 1. The van der Waals surface area contributed by atoms with Crippen molar-refractivity contribution >= 4 is 27.3 Å². The Bertz CT molecular complexity index is 787. The van der Waals surface area contributed by atoms with Gasteiger partial charge in [-0.2, -0.15) is 5.10 Å². The van der Waals surface area contributed by atoms with E-state index in [-0.39, 0.29) is 5.91 Å². The van der Waals surface area contributed by atoms with E-state index in [1.807, 2.05) is 28.5 Å². The summed E-state index contributed by atoms with van der Waals surface area (Å²) in [6, 6.07) is 8.09. The van der Waals surface area contributed by atoms with Gasteiger partial charge >= 0.3 is 0 Å². The molecule has 5 nitrogen and oxygen atoms in total. The monoisotopic (exact) mass is 312 g/mol. The van der Waals surface area contributed by atoms with Gasteiger partial charge < -0.3 is 4.90 Å². The standard InChI is InChI=1S/C16H16N4OS/c21-16(13-9-22-14-4-2-1-3-12(13)14)20-7-5-11(6-8-20)15-17-10-18-19-15/h1-4,9-11H,5-8H2,(H,17,18,19). The van der Waals surface area contributed by atoms with Gasteiger partial charge in [-0.25, -0.2) is 4.98 Å². The van der Waals surface area contributed by atoms with Crippen LogP contribution >= 0.6 is 11.3 Å². The summed E-state index contributed by atoms with van der Waals surface area (Å²) in [6.45, 7) is 1.54. The van der Waals surface area contributed by atoms with Crippen molar-refractivity contribution in [3.05, 3.63) is 47.4 Å². The molecular weight excluding hydrogens is 296 g/mol. The first kappa shape index (κ1) is 13.5. The smallest absolute Gasteiger partial charge is 0.255 e. The Balaban J connectivity index is 1.50. The first-order chi connectivity index (χ1) is 10.8. The number of likely N-dealkylation sites (tertiary alicyclic amines) is 1. The number of amides is 1. The molecule has 0 atom stereocenters. The summed E-state index contributed by atoms with van der Waals surface area (Å²) in [7, 11) is 0. The molecule has 2 aromatic heterocycles. The average molecular weight is 312 g/mol. The number of aromatic amines is 1. The molecule has 0 bridgehead atoms. The average Bonchev–Trinajstić information content (AvgIpc) is 3.24. The first-order valence-electron chi connectivity index (χ1n) is 7.43. The largest absolute Gasteiger partial charge is 0.339 e. The summed E-state index contributed by atoms with van der Waals surface area (Å²) in [4.78, 5) is 19.0. The van der Waals surface area contributed by atoms with Crippen LogP contribution in [-0.4, -0.2) is 39.1 Å². The second-order valence-corrected chi connectivity index (χ2v) is 6.49. The fourth-order valence-electron chi connectivity index (χ4n) is 3.08. The molecule has 1 N–H and O–H groups in total. The number of hydrogen-bond acceptors (Lipinski definition) is 4. The van der Waals surface area contributed by atoms with Crippen LogP contribution in [0.5, 0.6) is 0 Å². The van der Waals surface area contributed by atoms with E-state index in [9.17, 15) is 4.79 Å². The van der Waals surface area contributed by atoms with Crippen LogP contribution < -0.4 is 0 Å². The molecule has 112 valence electrons. The SMILES string of the molecule is O=C(c1csc2ccccc12)N1CCC(c2ncn[nH]2)CC1. The van der Waals surface area contributed by atoms with E-state index < -0.39 is 0 Å². The van der Waals surface area contributed by atoms with Gasteiger partial charge in [0.05, 0.1) is 5.56 Å². The third-order valence-corrected chi connectivity index (χ3v) is 5.28. The highest BCUT2D eigenvalue weighted by Gasteiger charge is 2.27. The zero-order chi connectivity index (χ0) is 14.9. The minimum Gasteiger partial charge on any atom is -0.339 e. The Morgan fingerprint density at radius 2 is 2.09 bits per heavy atom. The fourth-order valence-corrected chi connectivity index (χ4v) is 4.02. The lowest BCUT2D eigenvalue weighted by Gasteiger charge is -2.30. The maximum absolute atomic E-state index is 12.8. The Kier molecular flexibility index (Phi) is 3.38. The van der Waals surface area contributed by atoms with E-state index >= 15 is 0 Å². The molecule has 1 aliphatic rings. The Labute approximate surface area is 132 Å². The predicted octanol–water partition coefficient (Wildman–Crippen LogP) is 3.04. The van der Waals surface area contributed by atoms with Crippen molar-refractivity contribution in [1.29, 1.82) is 0 Å². The highest BCUT2D eigenvalue weighted by Crippen LogP contribution is 2.30. The third kappa shape index (κ3) is 2.29. The summed E-state index contributed by atoms with van der Waals surface area (Å²) in [5.41, 5.74) is 0.832. The summed E-state index contributed by atoms with van der Waals surface area (Å²) in [5, 5.41) is 9.90. The minimum absolute atomic E-state index is 0.147. The van der Waals surface area contributed by atoms with Gasteiger partial charge in [-0.3, -0.25) is 9.89 Å². The van der Waals surface area contributed by atoms with Crippen molar-refractivity contribution in [2.24, 2.45) is 0 Å². The molecule has 0 radical (unpaired) electrons. The molecule has 4 rings (SSSR count). The molecule has 0 spiro atoms. The maximum atomic E-state index is 12.8. The highest BCUT2D eigenvalue weighted by atomic mass is 32.1.